The predicted molar refractivity (Wildman–Crippen MR) is 96.1 cm³/mol. The molecule has 7 nitrogen and oxygen atoms in total. The number of rotatable bonds is 8. The van der Waals surface area contributed by atoms with Gasteiger partial charge in [0.15, 0.2) is 0 Å². The summed E-state index contributed by atoms with van der Waals surface area (Å²) in [6.45, 7) is 1.43. The summed E-state index contributed by atoms with van der Waals surface area (Å²) in [5, 5.41) is 21.1. The first-order chi connectivity index (χ1) is 12.3. The molecule has 1 atom stereocenters. The molecule has 1 heterocycles. The molecule has 7 heteroatoms. The Morgan fingerprint density at radius 3 is 2.50 bits per heavy atom. The van der Waals surface area contributed by atoms with Crippen LogP contribution >= 0.6 is 0 Å². The Morgan fingerprint density at radius 2 is 1.88 bits per heavy atom. The Kier molecular flexibility index (Phi) is 6.54. The van der Waals surface area contributed by atoms with Crippen LogP contribution < -0.4 is 10.9 Å². The molecule has 0 saturated carbocycles. The molecule has 0 aliphatic carbocycles. The van der Waals surface area contributed by atoms with Crippen molar-refractivity contribution in [1.29, 1.82) is 0 Å². The number of aromatic nitrogens is 1. The van der Waals surface area contributed by atoms with Crippen LogP contribution in [0.3, 0.4) is 0 Å². The van der Waals surface area contributed by atoms with E-state index in [-0.39, 0.29) is 30.7 Å². The Morgan fingerprint density at radius 1 is 1.19 bits per heavy atom. The highest BCUT2D eigenvalue weighted by Crippen LogP contribution is 2.09. The molecule has 0 spiro atoms. The zero-order valence-corrected chi connectivity index (χ0v) is 14.5. The van der Waals surface area contributed by atoms with E-state index >= 15 is 0 Å². The number of benzene rings is 1. The number of hydrogen-bond donors (Lipinski definition) is 3. The number of carboxylic acid groups (broad SMARTS) is 1. The van der Waals surface area contributed by atoms with Crippen LogP contribution in [0.2, 0.25) is 0 Å². The van der Waals surface area contributed by atoms with Crippen molar-refractivity contribution in [3.05, 3.63) is 64.1 Å². The first-order valence-electron chi connectivity index (χ1n) is 8.30. The summed E-state index contributed by atoms with van der Waals surface area (Å²) in [5.41, 5.74) is 0.985. The van der Waals surface area contributed by atoms with Crippen molar-refractivity contribution >= 4 is 11.9 Å². The van der Waals surface area contributed by atoms with Crippen LogP contribution in [0.15, 0.2) is 47.3 Å². The van der Waals surface area contributed by atoms with Crippen LogP contribution in [0, 0.1) is 6.92 Å². The Bertz CT molecular complexity index is 830. The third-order valence-corrected chi connectivity index (χ3v) is 4.02. The van der Waals surface area contributed by atoms with Crippen LogP contribution in [0.1, 0.15) is 24.1 Å². The predicted octanol–water partition coefficient (Wildman–Crippen LogP) is 1.45. The Hall–Kier alpha value is -3.09. The lowest BCUT2D eigenvalue weighted by molar-refractivity contribution is -0.137. The van der Waals surface area contributed by atoms with E-state index in [1.165, 1.54) is 10.6 Å². The number of amides is 1. The molecular weight excluding hydrogens is 336 g/mol. The van der Waals surface area contributed by atoms with Crippen LogP contribution in [0.5, 0.6) is 5.75 Å². The van der Waals surface area contributed by atoms with Crippen LogP contribution in [-0.4, -0.2) is 32.7 Å². The third-order valence-electron chi connectivity index (χ3n) is 4.02. The first-order valence-corrected chi connectivity index (χ1v) is 8.30. The molecule has 2 aromatic rings. The molecule has 0 aliphatic heterocycles. The number of nitrogens with zero attached hydrogens (tertiary/aromatic N) is 1. The molecule has 0 radical (unpaired) electrons. The quantitative estimate of drug-likeness (QED) is 0.662. The average molecular weight is 358 g/mol. The van der Waals surface area contributed by atoms with Crippen molar-refractivity contribution in [2.45, 2.75) is 38.8 Å². The van der Waals surface area contributed by atoms with Crippen LogP contribution in [-0.2, 0) is 22.6 Å². The number of carbonyl (C=O) groups excluding carboxylic acids is 1. The number of aliphatic carboxylic acids is 1. The number of pyridine rings is 1. The number of aromatic hydroxyl groups is 1. The smallest absolute Gasteiger partial charge is 0.303 e. The SMILES string of the molecule is Cc1cc(O)cc(=O)n1CC(=O)NC(CCC(=O)O)Cc1ccccc1. The Balaban J connectivity index is 2.07. The molecule has 26 heavy (non-hydrogen) atoms. The fraction of sp³-hybridized carbons (Fsp3) is 0.316. The molecule has 1 aromatic carbocycles. The van der Waals surface area contributed by atoms with Gasteiger partial charge in [0.25, 0.3) is 5.56 Å². The normalized spacial score (nSPS) is 11.7. The van der Waals surface area contributed by atoms with Gasteiger partial charge in [0.2, 0.25) is 5.91 Å². The van der Waals surface area contributed by atoms with Crippen molar-refractivity contribution in [2.75, 3.05) is 0 Å². The van der Waals surface area contributed by atoms with Crippen LogP contribution in [0.25, 0.3) is 0 Å². The molecular formula is C19H22N2O5. The molecule has 3 N–H and O–H groups in total. The first kappa shape index (κ1) is 19.2. The molecule has 0 fully saturated rings. The monoisotopic (exact) mass is 358 g/mol. The number of hydrogen-bond acceptors (Lipinski definition) is 4. The molecule has 0 aliphatic rings. The van der Waals surface area contributed by atoms with E-state index in [1.54, 1.807) is 6.92 Å². The van der Waals surface area contributed by atoms with E-state index in [0.29, 0.717) is 18.5 Å². The van der Waals surface area contributed by atoms with Crippen LogP contribution in [0.4, 0.5) is 0 Å². The second-order valence-corrected chi connectivity index (χ2v) is 6.17. The maximum atomic E-state index is 12.4. The van der Waals surface area contributed by atoms with E-state index in [2.05, 4.69) is 5.32 Å². The van der Waals surface area contributed by atoms with Crippen molar-refractivity contribution in [2.24, 2.45) is 0 Å². The van der Waals surface area contributed by atoms with E-state index < -0.39 is 11.5 Å². The lowest BCUT2D eigenvalue weighted by atomic mass is 10.0. The van der Waals surface area contributed by atoms with Gasteiger partial charge in [-0.05, 0) is 31.4 Å². The lowest BCUT2D eigenvalue weighted by Gasteiger charge is -2.19. The molecule has 1 amide bonds. The summed E-state index contributed by atoms with van der Waals surface area (Å²) in [6.07, 6.45) is 0.735. The van der Waals surface area contributed by atoms with Gasteiger partial charge >= 0.3 is 5.97 Å². The van der Waals surface area contributed by atoms with Crippen molar-refractivity contribution < 1.29 is 19.8 Å². The summed E-state index contributed by atoms with van der Waals surface area (Å²) in [4.78, 5) is 35.2. The summed E-state index contributed by atoms with van der Waals surface area (Å²) >= 11 is 0. The summed E-state index contributed by atoms with van der Waals surface area (Å²) in [5.74, 6) is -1.46. The van der Waals surface area contributed by atoms with Gasteiger partial charge in [0, 0.05) is 24.2 Å². The van der Waals surface area contributed by atoms with Gasteiger partial charge < -0.3 is 20.1 Å². The summed E-state index contributed by atoms with van der Waals surface area (Å²) < 4.78 is 1.26. The van der Waals surface area contributed by atoms with Crippen molar-refractivity contribution in [3.8, 4) is 5.75 Å². The Labute approximate surface area is 150 Å². The zero-order chi connectivity index (χ0) is 19.1. The number of aryl methyl sites for hydroxylation is 1. The standard InChI is InChI=1S/C19H22N2O5/c1-13-9-16(22)11-18(24)21(13)12-17(23)20-15(7-8-19(25)26)10-14-5-3-2-4-6-14/h2-6,9,11,15,22H,7-8,10,12H2,1H3,(H,20,23)(H,25,26). The number of carboxylic acids is 1. The number of carbonyl (C=O) groups is 2. The van der Waals surface area contributed by atoms with E-state index in [4.69, 9.17) is 5.11 Å². The average Bonchev–Trinajstić information content (AvgIpc) is 2.57. The zero-order valence-electron chi connectivity index (χ0n) is 14.5. The second-order valence-electron chi connectivity index (χ2n) is 6.17. The minimum atomic E-state index is -0.928. The largest absolute Gasteiger partial charge is 0.508 e. The second kappa shape index (κ2) is 8.84. The molecule has 2 rings (SSSR count). The van der Waals surface area contributed by atoms with Crippen molar-refractivity contribution in [3.63, 3.8) is 0 Å². The van der Waals surface area contributed by atoms with E-state index in [0.717, 1.165) is 11.6 Å². The molecule has 1 aromatic heterocycles. The number of nitrogens with one attached hydrogen (secondary N) is 1. The molecule has 1 unspecified atom stereocenters. The van der Waals surface area contributed by atoms with Gasteiger partial charge in [0.1, 0.15) is 12.3 Å². The fourth-order valence-corrected chi connectivity index (χ4v) is 2.75. The minimum absolute atomic E-state index is 0.0596. The highest BCUT2D eigenvalue weighted by atomic mass is 16.4. The van der Waals surface area contributed by atoms with Gasteiger partial charge in [-0.15, -0.1) is 0 Å². The van der Waals surface area contributed by atoms with Crippen molar-refractivity contribution in [1.82, 2.24) is 9.88 Å². The highest BCUT2D eigenvalue weighted by molar-refractivity contribution is 5.76. The summed E-state index contributed by atoms with van der Waals surface area (Å²) in [7, 11) is 0. The van der Waals surface area contributed by atoms with Gasteiger partial charge in [0.05, 0.1) is 0 Å². The lowest BCUT2D eigenvalue weighted by Crippen LogP contribution is -2.40. The fourth-order valence-electron chi connectivity index (χ4n) is 2.75. The topological polar surface area (TPSA) is 109 Å². The van der Waals surface area contributed by atoms with E-state index in [1.807, 2.05) is 30.3 Å². The molecule has 0 saturated heterocycles. The van der Waals surface area contributed by atoms with Gasteiger partial charge in [-0.1, -0.05) is 30.3 Å². The van der Waals surface area contributed by atoms with Gasteiger partial charge in [-0.2, -0.15) is 0 Å². The van der Waals surface area contributed by atoms with Gasteiger partial charge in [-0.3, -0.25) is 14.4 Å². The summed E-state index contributed by atoms with van der Waals surface area (Å²) in [6, 6.07) is 11.6. The molecule has 138 valence electrons. The van der Waals surface area contributed by atoms with E-state index in [9.17, 15) is 19.5 Å². The van der Waals surface area contributed by atoms with Gasteiger partial charge in [-0.25, -0.2) is 0 Å². The minimum Gasteiger partial charge on any atom is -0.508 e. The molecule has 0 bridgehead atoms. The maximum absolute atomic E-state index is 12.4. The highest BCUT2D eigenvalue weighted by Gasteiger charge is 2.16. The maximum Gasteiger partial charge on any atom is 0.303 e. The third kappa shape index (κ3) is 5.77.